The maximum absolute atomic E-state index is 5.50. The molecular weight excluding hydrogens is 121 g/mol. The average molecular weight is 129 g/mol. The highest BCUT2D eigenvalue weighted by atomic mass is 32.4. The largest absolute Gasteiger partial charge is 0.412 e. The van der Waals surface area contributed by atoms with Gasteiger partial charge >= 0.3 is 0 Å². The van der Waals surface area contributed by atoms with Crippen LogP contribution in [0.4, 0.5) is 0 Å². The lowest BCUT2D eigenvalue weighted by molar-refractivity contribution is 0.823. The summed E-state index contributed by atoms with van der Waals surface area (Å²) in [4.78, 5) is 0. The fourth-order valence-electron chi connectivity index (χ4n) is 0. The van der Waals surface area contributed by atoms with Gasteiger partial charge in [0.05, 0.1) is 0 Å². The van der Waals surface area contributed by atoms with Crippen LogP contribution in [0, 0.1) is 5.41 Å². The standard InChI is InChI=1S/CH3N.2H2O.HPS/c1-2;;;1-2/h2H,1H2;2*1H2;1H. The Morgan fingerprint density at radius 2 is 1.17 bits per heavy atom. The van der Waals surface area contributed by atoms with E-state index in [-0.39, 0.29) is 11.0 Å². The maximum Gasteiger partial charge on any atom is -0.0187 e. The van der Waals surface area contributed by atoms with Crippen molar-refractivity contribution in [2.75, 3.05) is 0 Å². The zero-order chi connectivity index (χ0) is 4.00. The monoisotopic (exact) mass is 129 g/mol. The molecule has 0 aromatic heterocycles. The molecule has 0 rings (SSSR count). The van der Waals surface area contributed by atoms with E-state index in [2.05, 4.69) is 26.5 Å². The Morgan fingerprint density at radius 1 is 1.17 bits per heavy atom. The van der Waals surface area contributed by atoms with Crippen molar-refractivity contribution >= 4 is 26.5 Å². The van der Waals surface area contributed by atoms with E-state index in [0.29, 0.717) is 0 Å². The van der Waals surface area contributed by atoms with E-state index in [1.165, 1.54) is 0 Å². The minimum atomic E-state index is 0. The molecule has 0 aromatic carbocycles. The van der Waals surface area contributed by atoms with E-state index >= 15 is 0 Å². The summed E-state index contributed by atoms with van der Waals surface area (Å²) in [7, 11) is 2.56. The molecule has 0 spiro atoms. The van der Waals surface area contributed by atoms with E-state index in [4.69, 9.17) is 5.41 Å². The molecule has 0 saturated carbocycles. The summed E-state index contributed by atoms with van der Waals surface area (Å²) in [5.74, 6) is 0. The van der Waals surface area contributed by atoms with Gasteiger partial charge in [-0.1, -0.05) is 11.8 Å². The number of nitrogens with one attached hydrogen (secondary N) is 1. The summed E-state index contributed by atoms with van der Waals surface area (Å²) < 4.78 is 0. The van der Waals surface area contributed by atoms with Crippen LogP contribution in [0.1, 0.15) is 0 Å². The van der Waals surface area contributed by atoms with Gasteiger partial charge in [0.25, 0.3) is 0 Å². The third kappa shape index (κ3) is 3290. The van der Waals surface area contributed by atoms with Gasteiger partial charge < -0.3 is 16.4 Å². The first-order valence-corrected chi connectivity index (χ1v) is 2.19. The molecule has 0 amide bonds. The average Bonchev–Trinajstić information content (AvgIpc) is 1.50. The molecule has 0 aliphatic heterocycles. The van der Waals surface area contributed by atoms with Crippen molar-refractivity contribution < 1.29 is 11.0 Å². The normalized spacial score (nSPS) is 1.33. The molecule has 3 nitrogen and oxygen atoms in total. The molecule has 0 aromatic rings. The number of rotatable bonds is 0. The van der Waals surface area contributed by atoms with Crippen LogP contribution < -0.4 is 0 Å². The van der Waals surface area contributed by atoms with Crippen molar-refractivity contribution in [3.63, 3.8) is 0 Å². The Bertz CT molecular complexity index is 15.5. The summed E-state index contributed by atoms with van der Waals surface area (Å²) in [6.45, 7) is 2.50. The maximum atomic E-state index is 5.50. The van der Waals surface area contributed by atoms with Gasteiger partial charge in [-0.05, 0) is 14.7 Å². The molecule has 5 N–H and O–H groups in total. The third-order valence-corrected chi connectivity index (χ3v) is 0. The molecule has 0 bridgehead atoms. The second-order valence-corrected chi connectivity index (χ2v) is 0. The molecule has 6 heavy (non-hydrogen) atoms. The molecule has 0 heterocycles. The smallest absolute Gasteiger partial charge is 0.0187 e. The van der Waals surface area contributed by atoms with Gasteiger partial charge in [-0.15, -0.1) is 0 Å². The molecule has 40 valence electrons. The number of hydrogen-bond acceptors (Lipinski definition) is 2. The van der Waals surface area contributed by atoms with Crippen molar-refractivity contribution in [3.05, 3.63) is 0 Å². The highest BCUT2D eigenvalue weighted by Crippen LogP contribution is 1.26. The lowest BCUT2D eigenvalue weighted by atomic mass is 11.8. The quantitative estimate of drug-likeness (QED) is 0.337. The zero-order valence-electron chi connectivity index (χ0n) is 3.12. The zero-order valence-corrected chi connectivity index (χ0v) is 4.93. The second kappa shape index (κ2) is 7130. The Labute approximate surface area is 43.8 Å². The third-order valence-electron chi connectivity index (χ3n) is 0. The molecule has 0 saturated heterocycles. The predicted molar refractivity (Wildman–Crippen MR) is 32.7 cm³/mol. The predicted octanol–water partition coefficient (Wildman–Crippen LogP) is -0.793. The van der Waals surface area contributed by atoms with Crippen LogP contribution in [-0.2, 0) is 11.8 Å². The summed E-state index contributed by atoms with van der Waals surface area (Å²) in [6.07, 6.45) is 0. The Balaban J connectivity index is -0.00000000500. The molecule has 0 fully saturated rings. The number of hydrogen-bond donors (Lipinski definition) is 1. The molecule has 0 unspecified atom stereocenters. The Morgan fingerprint density at radius 3 is 1.17 bits per heavy atom. The minimum Gasteiger partial charge on any atom is -0.412 e. The molecular formula is CH8NO2PS. The molecule has 0 radical (unpaired) electrons. The van der Waals surface area contributed by atoms with Crippen LogP contribution in [0.2, 0.25) is 0 Å². The van der Waals surface area contributed by atoms with Crippen LogP contribution in [0.15, 0.2) is 0 Å². The van der Waals surface area contributed by atoms with Crippen LogP contribution in [-0.4, -0.2) is 17.7 Å². The van der Waals surface area contributed by atoms with Gasteiger partial charge in [0.1, 0.15) is 0 Å². The van der Waals surface area contributed by atoms with Crippen molar-refractivity contribution in [2.45, 2.75) is 0 Å². The van der Waals surface area contributed by atoms with Crippen molar-refractivity contribution in [1.82, 2.24) is 0 Å². The van der Waals surface area contributed by atoms with Gasteiger partial charge in [-0.3, -0.25) is 0 Å². The summed E-state index contributed by atoms with van der Waals surface area (Å²) in [6, 6.07) is 0. The lowest BCUT2D eigenvalue weighted by Gasteiger charge is -0.890. The molecule has 5 heteroatoms. The van der Waals surface area contributed by atoms with Gasteiger partial charge in [0, 0.05) is 0 Å². The first kappa shape index (κ1) is 35.8. The van der Waals surface area contributed by atoms with Crippen molar-refractivity contribution in [3.8, 4) is 0 Å². The fourth-order valence-corrected chi connectivity index (χ4v) is 0. The van der Waals surface area contributed by atoms with Gasteiger partial charge in [-0.25, -0.2) is 0 Å². The van der Waals surface area contributed by atoms with E-state index in [9.17, 15) is 0 Å². The SMILES string of the molecule is C=N.O.O.P=S. The van der Waals surface area contributed by atoms with E-state index in [0.717, 1.165) is 0 Å². The summed E-state index contributed by atoms with van der Waals surface area (Å²) >= 11 is 3.89. The van der Waals surface area contributed by atoms with Crippen LogP contribution >= 0.6 is 8.02 Å². The second-order valence-electron chi connectivity index (χ2n) is 0. The van der Waals surface area contributed by atoms with Gasteiger partial charge in [-0.2, -0.15) is 0 Å². The first-order chi connectivity index (χ1) is 2.00. The Kier molecular flexibility index (Phi) is 42600. The van der Waals surface area contributed by atoms with E-state index < -0.39 is 0 Å². The van der Waals surface area contributed by atoms with Crippen molar-refractivity contribution in [1.29, 1.82) is 5.41 Å². The minimum absolute atomic E-state index is 0. The van der Waals surface area contributed by atoms with Crippen LogP contribution in [0.3, 0.4) is 0 Å². The fraction of sp³-hybridized carbons (Fsp3) is 0. The summed E-state index contributed by atoms with van der Waals surface area (Å²) in [5, 5.41) is 5.50. The molecule has 0 aliphatic rings. The summed E-state index contributed by atoms with van der Waals surface area (Å²) in [5.41, 5.74) is 0. The van der Waals surface area contributed by atoms with Gasteiger partial charge in [0.15, 0.2) is 0 Å². The first-order valence-electron chi connectivity index (χ1n) is 0.558. The van der Waals surface area contributed by atoms with E-state index in [1.54, 1.807) is 0 Å². The van der Waals surface area contributed by atoms with E-state index in [1.807, 2.05) is 0 Å². The molecule has 0 atom stereocenters. The van der Waals surface area contributed by atoms with Crippen molar-refractivity contribution in [2.24, 2.45) is 0 Å². The topological polar surface area (TPSA) is 86.8 Å². The Hall–Kier alpha value is 0.110. The highest BCUT2D eigenvalue weighted by molar-refractivity contribution is 7.88. The van der Waals surface area contributed by atoms with Crippen LogP contribution in [0.5, 0.6) is 0 Å². The van der Waals surface area contributed by atoms with Gasteiger partial charge in [0.2, 0.25) is 0 Å². The lowest BCUT2D eigenvalue weighted by Crippen LogP contribution is -0.827. The molecule has 0 aliphatic carbocycles. The van der Waals surface area contributed by atoms with Crippen LogP contribution in [0.25, 0.3) is 0 Å². The highest BCUT2D eigenvalue weighted by Gasteiger charge is 0.655.